The van der Waals surface area contributed by atoms with Crippen molar-refractivity contribution in [3.8, 4) is 11.5 Å². The van der Waals surface area contributed by atoms with Crippen LogP contribution < -0.4 is 9.79 Å². The minimum Gasteiger partial charge on any atom is -0.756 e. The Morgan fingerprint density at radius 2 is 0.765 bits per heavy atom. The van der Waals surface area contributed by atoms with Crippen LogP contribution in [0.25, 0.3) is 0 Å². The number of hydrogen-bond acceptors (Lipinski definition) is 10. The Balaban J connectivity index is 0.000000962. The van der Waals surface area contributed by atoms with E-state index in [1.165, 1.54) is 0 Å². The zero-order valence-electron chi connectivity index (χ0n) is 33.3. The van der Waals surface area contributed by atoms with Crippen LogP contribution in [0.5, 0.6) is 11.5 Å². The molecule has 0 aliphatic rings. The topological polar surface area (TPSA) is 158 Å². The first-order valence-electron chi connectivity index (χ1n) is 17.5. The summed E-state index contributed by atoms with van der Waals surface area (Å²) in [4.78, 5) is 23.7. The van der Waals surface area contributed by atoms with Gasteiger partial charge < -0.3 is 38.1 Å². The van der Waals surface area contributed by atoms with Crippen molar-refractivity contribution < 1.29 is 63.7 Å². The fraction of sp³-hybridized carbons (Fsp3) is 0.684. The van der Waals surface area contributed by atoms with Gasteiger partial charge in [-0.2, -0.15) is 0 Å². The number of hydrogen-bond donors (Lipinski definition) is 2. The van der Waals surface area contributed by atoms with Crippen LogP contribution in [0, 0.1) is 0 Å². The molecule has 0 saturated carbocycles. The molecule has 0 bridgehead atoms. The first-order chi connectivity index (χ1) is 22.6. The minimum atomic E-state index is -4.32. The van der Waals surface area contributed by atoms with Crippen molar-refractivity contribution in [1.29, 1.82) is 0 Å². The van der Waals surface area contributed by atoms with E-state index in [1.807, 2.05) is 96.9 Å². The largest absolute Gasteiger partial charge is 2.00 e. The van der Waals surface area contributed by atoms with Crippen molar-refractivity contribution in [2.24, 2.45) is 0 Å². The maximum Gasteiger partial charge on any atom is 2.00 e. The summed E-state index contributed by atoms with van der Waals surface area (Å²) in [5.41, 5.74) is 3.36. The second-order valence-corrected chi connectivity index (χ2v) is 19.7. The van der Waals surface area contributed by atoms with Crippen LogP contribution in [0.15, 0.2) is 24.3 Å². The predicted molar refractivity (Wildman–Crippen MR) is 198 cm³/mol. The van der Waals surface area contributed by atoms with E-state index in [9.17, 15) is 29.1 Å². The Bertz CT molecular complexity index is 1300. The first kappa shape index (κ1) is 49.8. The molecule has 51 heavy (non-hydrogen) atoms. The molecule has 2 aromatic carbocycles. The van der Waals surface area contributed by atoms with Crippen molar-refractivity contribution >= 4 is 15.6 Å². The fourth-order valence-corrected chi connectivity index (χ4v) is 6.33. The van der Waals surface area contributed by atoms with Gasteiger partial charge in [-0.25, -0.2) is 0 Å². The maximum absolute atomic E-state index is 11.8. The normalized spacial score (nSPS) is 14.9. The molecule has 0 saturated heterocycles. The van der Waals surface area contributed by atoms with Gasteiger partial charge in [-0.1, -0.05) is 110 Å². The monoisotopic (exact) mass is 800 g/mol. The van der Waals surface area contributed by atoms with Gasteiger partial charge in [-0.15, -0.1) is 0 Å². The van der Waals surface area contributed by atoms with Crippen LogP contribution >= 0.6 is 15.6 Å². The van der Waals surface area contributed by atoms with Crippen LogP contribution in [0.1, 0.15) is 156 Å². The molecular weight excluding hydrogens is 737 g/mol. The molecule has 0 radical (unpaired) electrons. The Morgan fingerprint density at radius 3 is 0.961 bits per heavy atom. The van der Waals surface area contributed by atoms with Crippen molar-refractivity contribution in [3.63, 3.8) is 0 Å². The second kappa shape index (κ2) is 19.9. The molecule has 0 fully saturated rings. The summed E-state index contributed by atoms with van der Waals surface area (Å²) in [6.45, 7) is 28.0. The van der Waals surface area contributed by atoms with E-state index in [0.29, 0.717) is 24.0 Å². The zero-order valence-corrected chi connectivity index (χ0v) is 36.1. The van der Waals surface area contributed by atoms with E-state index in [2.05, 4.69) is 0 Å². The van der Waals surface area contributed by atoms with Gasteiger partial charge in [0.05, 0.1) is 26.4 Å². The number of phosphoric acid groups is 2. The zero-order chi connectivity index (χ0) is 38.9. The van der Waals surface area contributed by atoms with Crippen LogP contribution in [-0.4, -0.2) is 23.4 Å². The third kappa shape index (κ3) is 17.2. The summed E-state index contributed by atoms with van der Waals surface area (Å²) < 4.78 is 43.4. The Labute approximate surface area is 318 Å². The van der Waals surface area contributed by atoms with Gasteiger partial charge in [-0.3, -0.25) is 9.13 Å². The molecule has 0 amide bonds. The first-order valence-corrected chi connectivity index (χ1v) is 20.4. The van der Waals surface area contributed by atoms with Crippen molar-refractivity contribution in [3.05, 3.63) is 57.6 Å². The summed E-state index contributed by atoms with van der Waals surface area (Å²) in [5.74, 6) is 0.515. The van der Waals surface area contributed by atoms with Crippen LogP contribution in [0.4, 0.5) is 0 Å². The molecule has 2 unspecified atom stereocenters. The molecule has 296 valence electrons. The molecule has 2 rings (SSSR count). The number of phenols is 2. The number of phenolic OH excluding ortho intramolecular Hbond substituents is 2. The van der Waals surface area contributed by atoms with Crippen LogP contribution in [0.3, 0.4) is 0 Å². The quantitative estimate of drug-likeness (QED) is 0.107. The summed E-state index contributed by atoms with van der Waals surface area (Å²) in [6.07, 6.45) is 3.03. The van der Waals surface area contributed by atoms with E-state index in [0.717, 1.165) is 35.1 Å². The molecule has 2 aromatic rings. The molecule has 0 heterocycles. The molecule has 0 aromatic heterocycles. The number of phosphoric ester groups is 2. The standard InChI is InChI=1S/2C19H33O5P.Ni/c2*1-8-9-10-23-25(21,22)24-13-14-11-15(18(2,3)4)17(20)16(12-14)19(5,6)7;/h2*11-12,20H,8-10,13H2,1-7H3,(H,21,22);/q;;+2/p-2. The van der Waals surface area contributed by atoms with Crippen molar-refractivity contribution in [2.45, 2.75) is 157 Å². The average molecular weight is 802 g/mol. The van der Waals surface area contributed by atoms with E-state index < -0.39 is 15.6 Å². The molecule has 2 N–H and O–H groups in total. The third-order valence-corrected chi connectivity index (χ3v) is 9.73. The molecule has 0 spiro atoms. The molecular formula is C38H64NiO10P2. The van der Waals surface area contributed by atoms with Gasteiger partial charge in [0.25, 0.3) is 15.6 Å². The second-order valence-electron chi connectivity index (χ2n) is 16.9. The van der Waals surface area contributed by atoms with Gasteiger partial charge in [-0.05, 0) is 92.1 Å². The number of benzene rings is 2. The van der Waals surface area contributed by atoms with Crippen molar-refractivity contribution in [1.82, 2.24) is 0 Å². The summed E-state index contributed by atoms with van der Waals surface area (Å²) in [6, 6.07) is 7.21. The summed E-state index contributed by atoms with van der Waals surface area (Å²) in [5, 5.41) is 21.3. The van der Waals surface area contributed by atoms with Gasteiger partial charge >= 0.3 is 16.5 Å². The Kier molecular flexibility index (Phi) is 19.4. The van der Waals surface area contributed by atoms with Gasteiger partial charge in [0.1, 0.15) is 11.5 Å². The van der Waals surface area contributed by atoms with E-state index >= 15 is 0 Å². The van der Waals surface area contributed by atoms with E-state index in [1.54, 1.807) is 24.3 Å². The summed E-state index contributed by atoms with van der Waals surface area (Å²) in [7, 11) is -8.65. The average Bonchev–Trinajstić information content (AvgIpc) is 2.94. The summed E-state index contributed by atoms with van der Waals surface area (Å²) >= 11 is 0. The number of aromatic hydroxyl groups is 2. The fourth-order valence-electron chi connectivity index (χ4n) is 4.87. The van der Waals surface area contributed by atoms with Gasteiger partial charge in [0, 0.05) is 0 Å². The predicted octanol–water partition coefficient (Wildman–Crippen LogP) is 9.58. The van der Waals surface area contributed by atoms with Crippen molar-refractivity contribution in [2.75, 3.05) is 13.2 Å². The SMILES string of the molecule is CCCCOP(=O)([O-])OCc1cc(C(C)(C)C)c(O)c(C(C)(C)C)c1.CCCCOP(=O)([O-])OCc1cc(C(C)(C)C)c(O)c(C(C)(C)C)c1.[Ni+2]. The Hall–Kier alpha value is -1.25. The molecule has 0 aliphatic heterocycles. The Morgan fingerprint density at radius 1 is 0.529 bits per heavy atom. The van der Waals surface area contributed by atoms with Crippen LogP contribution in [0.2, 0.25) is 0 Å². The van der Waals surface area contributed by atoms with E-state index in [-0.39, 0.29) is 76.1 Å². The van der Waals surface area contributed by atoms with E-state index in [4.69, 9.17) is 18.1 Å². The number of unbranched alkanes of at least 4 members (excludes halogenated alkanes) is 2. The van der Waals surface area contributed by atoms with Gasteiger partial charge in [0.15, 0.2) is 0 Å². The molecule has 10 nitrogen and oxygen atoms in total. The minimum absolute atomic E-state index is 0. The number of rotatable bonds is 14. The third-order valence-electron chi connectivity index (χ3n) is 7.84. The van der Waals surface area contributed by atoms with Crippen LogP contribution in [-0.2, 0) is 78.6 Å². The molecule has 2 atom stereocenters. The maximum atomic E-state index is 11.8. The van der Waals surface area contributed by atoms with Gasteiger partial charge in [0.2, 0.25) is 0 Å². The molecule has 0 aliphatic carbocycles. The molecule has 13 heteroatoms. The smallest absolute Gasteiger partial charge is 0.756 e.